The molecule has 4 heteroatoms. The first-order valence-corrected chi connectivity index (χ1v) is 5.96. The summed E-state index contributed by atoms with van der Waals surface area (Å²) in [5.74, 6) is 0.150. The van der Waals surface area contributed by atoms with Crippen LogP contribution in [0.3, 0.4) is 0 Å². The van der Waals surface area contributed by atoms with Crippen LogP contribution in [0.4, 0.5) is 0 Å². The van der Waals surface area contributed by atoms with Crippen molar-refractivity contribution in [3.05, 3.63) is 29.3 Å². The monoisotopic (exact) mass is 240 g/mol. The lowest BCUT2D eigenvalue weighted by molar-refractivity contribution is -0.112. The molecule has 0 saturated heterocycles. The molecule has 0 aliphatic carbocycles. The standard InChI is InChI=1S/C9H16O.C3H4N2S/c1-3-4-5-6-7-8-9(2)10;6-3-4-1-2-5-3/h7-8H,3-6H2,1-2H3;1-2H,(H2,4,5,6). The first-order chi connectivity index (χ1) is 7.66. The topological polar surface area (TPSA) is 48.6 Å². The lowest BCUT2D eigenvalue weighted by atomic mass is 10.2. The van der Waals surface area contributed by atoms with Crippen molar-refractivity contribution in [3.8, 4) is 0 Å². The molecule has 1 aromatic heterocycles. The van der Waals surface area contributed by atoms with Crippen molar-refractivity contribution in [2.75, 3.05) is 0 Å². The van der Waals surface area contributed by atoms with E-state index >= 15 is 0 Å². The van der Waals surface area contributed by atoms with Gasteiger partial charge in [-0.05, 0) is 38.1 Å². The first-order valence-electron chi connectivity index (χ1n) is 5.56. The second kappa shape index (κ2) is 10.4. The minimum atomic E-state index is 0.150. The normalized spacial score (nSPS) is 9.88. The Bertz CT molecular complexity index is 335. The van der Waals surface area contributed by atoms with Crippen molar-refractivity contribution >= 4 is 18.0 Å². The van der Waals surface area contributed by atoms with Gasteiger partial charge >= 0.3 is 0 Å². The van der Waals surface area contributed by atoms with Crippen molar-refractivity contribution in [3.63, 3.8) is 0 Å². The average Bonchev–Trinajstić information content (AvgIpc) is 2.69. The van der Waals surface area contributed by atoms with E-state index in [0.29, 0.717) is 4.77 Å². The highest BCUT2D eigenvalue weighted by molar-refractivity contribution is 7.71. The van der Waals surface area contributed by atoms with Gasteiger partial charge in [0.05, 0.1) is 0 Å². The molecule has 0 atom stereocenters. The van der Waals surface area contributed by atoms with E-state index in [-0.39, 0.29) is 5.78 Å². The summed E-state index contributed by atoms with van der Waals surface area (Å²) in [5, 5.41) is 0. The molecule has 1 aromatic rings. The van der Waals surface area contributed by atoms with Crippen LogP contribution in [0.5, 0.6) is 0 Å². The highest BCUT2D eigenvalue weighted by atomic mass is 32.1. The number of hydrogen-bond donors (Lipinski definition) is 2. The van der Waals surface area contributed by atoms with Gasteiger partial charge in [0.25, 0.3) is 0 Å². The predicted molar refractivity (Wildman–Crippen MR) is 69.9 cm³/mol. The van der Waals surface area contributed by atoms with Gasteiger partial charge < -0.3 is 9.97 Å². The van der Waals surface area contributed by atoms with Crippen LogP contribution < -0.4 is 0 Å². The fourth-order valence-corrected chi connectivity index (χ4v) is 1.17. The van der Waals surface area contributed by atoms with Crippen molar-refractivity contribution in [2.45, 2.75) is 39.5 Å². The van der Waals surface area contributed by atoms with Crippen molar-refractivity contribution in [1.29, 1.82) is 0 Å². The number of carbonyl (C=O) groups excluding carboxylic acids is 1. The van der Waals surface area contributed by atoms with Gasteiger partial charge in [0, 0.05) is 12.4 Å². The fraction of sp³-hybridized carbons (Fsp3) is 0.500. The number of nitrogens with one attached hydrogen (secondary N) is 2. The summed E-state index contributed by atoms with van der Waals surface area (Å²) in [4.78, 5) is 15.9. The zero-order chi connectivity index (χ0) is 12.2. The highest BCUT2D eigenvalue weighted by Gasteiger charge is 1.83. The molecule has 0 aliphatic heterocycles. The SMILES string of the molecule is CCCCCC=CC(C)=O.S=c1[nH]cc[nH]1. The number of rotatable bonds is 5. The number of hydrogen-bond acceptors (Lipinski definition) is 2. The summed E-state index contributed by atoms with van der Waals surface area (Å²) in [7, 11) is 0. The highest BCUT2D eigenvalue weighted by Crippen LogP contribution is 1.99. The van der Waals surface area contributed by atoms with Crippen LogP contribution >= 0.6 is 12.2 Å². The second-order valence-electron chi connectivity index (χ2n) is 3.46. The molecule has 0 fully saturated rings. The summed E-state index contributed by atoms with van der Waals surface area (Å²) in [6, 6.07) is 0. The van der Waals surface area contributed by atoms with E-state index in [4.69, 9.17) is 0 Å². The largest absolute Gasteiger partial charge is 0.338 e. The number of unbranched alkanes of at least 4 members (excludes halogenated alkanes) is 3. The van der Waals surface area contributed by atoms with Crippen molar-refractivity contribution in [2.24, 2.45) is 0 Å². The smallest absolute Gasteiger partial charge is 0.174 e. The number of allylic oxidation sites excluding steroid dienone is 2. The van der Waals surface area contributed by atoms with Crippen LogP contribution in [-0.4, -0.2) is 15.8 Å². The Kier molecular flexibility index (Phi) is 9.61. The van der Waals surface area contributed by atoms with Crippen molar-refractivity contribution < 1.29 is 4.79 Å². The molecule has 1 heterocycles. The molecule has 0 amide bonds. The molecule has 90 valence electrons. The van der Waals surface area contributed by atoms with E-state index in [9.17, 15) is 4.79 Å². The molecule has 16 heavy (non-hydrogen) atoms. The molecule has 2 N–H and O–H groups in total. The number of H-pyrrole nitrogens is 2. The van der Waals surface area contributed by atoms with E-state index in [0.717, 1.165) is 6.42 Å². The first kappa shape index (κ1) is 14.8. The Morgan fingerprint density at radius 1 is 1.38 bits per heavy atom. The third-order valence-electron chi connectivity index (χ3n) is 1.84. The lowest BCUT2D eigenvalue weighted by Crippen LogP contribution is -1.79. The Balaban J connectivity index is 0.000000315. The second-order valence-corrected chi connectivity index (χ2v) is 3.87. The quantitative estimate of drug-likeness (QED) is 0.467. The van der Waals surface area contributed by atoms with Gasteiger partial charge in [-0.3, -0.25) is 4.79 Å². The maximum absolute atomic E-state index is 10.4. The molecule has 0 aromatic carbocycles. The van der Waals surface area contributed by atoms with E-state index < -0.39 is 0 Å². The van der Waals surface area contributed by atoms with E-state index in [1.165, 1.54) is 19.3 Å². The Hall–Kier alpha value is -1.16. The van der Waals surface area contributed by atoms with Crippen LogP contribution in [0.15, 0.2) is 24.5 Å². The zero-order valence-electron chi connectivity index (χ0n) is 9.95. The van der Waals surface area contributed by atoms with Gasteiger partial charge in [-0.2, -0.15) is 0 Å². The van der Waals surface area contributed by atoms with Gasteiger partial charge in [0.1, 0.15) is 0 Å². The molecule has 3 nitrogen and oxygen atoms in total. The van der Waals surface area contributed by atoms with Gasteiger partial charge in [-0.1, -0.05) is 25.8 Å². The van der Waals surface area contributed by atoms with Crippen LogP contribution in [0.2, 0.25) is 0 Å². The average molecular weight is 240 g/mol. The number of aromatic nitrogens is 2. The maximum Gasteiger partial charge on any atom is 0.174 e. The fourth-order valence-electron chi connectivity index (χ4n) is 1.04. The molecular weight excluding hydrogens is 220 g/mol. The number of ketones is 1. The van der Waals surface area contributed by atoms with Gasteiger partial charge in [-0.25, -0.2) is 0 Å². The summed E-state index contributed by atoms with van der Waals surface area (Å²) in [5.41, 5.74) is 0. The summed E-state index contributed by atoms with van der Waals surface area (Å²) < 4.78 is 0.676. The van der Waals surface area contributed by atoms with Crippen molar-refractivity contribution in [1.82, 2.24) is 9.97 Å². The third kappa shape index (κ3) is 10.9. The third-order valence-corrected chi connectivity index (χ3v) is 2.07. The molecule has 0 bridgehead atoms. The van der Waals surface area contributed by atoms with E-state index in [2.05, 4.69) is 29.1 Å². The Labute approximate surface area is 102 Å². The van der Waals surface area contributed by atoms with Gasteiger partial charge in [-0.15, -0.1) is 0 Å². The lowest BCUT2D eigenvalue weighted by Gasteiger charge is -1.89. The minimum absolute atomic E-state index is 0.150. The summed E-state index contributed by atoms with van der Waals surface area (Å²) in [6.07, 6.45) is 11.9. The molecular formula is C12H20N2OS. The zero-order valence-corrected chi connectivity index (χ0v) is 10.8. The molecule has 0 unspecified atom stereocenters. The van der Waals surface area contributed by atoms with Crippen LogP contribution in [0, 0.1) is 4.77 Å². The Morgan fingerprint density at radius 2 is 2.00 bits per heavy atom. The molecule has 0 aliphatic rings. The van der Waals surface area contributed by atoms with E-state index in [1.807, 2.05) is 6.08 Å². The number of imidazole rings is 1. The molecule has 0 spiro atoms. The van der Waals surface area contributed by atoms with Crippen LogP contribution in [0.25, 0.3) is 0 Å². The molecule has 0 saturated carbocycles. The summed E-state index contributed by atoms with van der Waals surface area (Å²) >= 11 is 4.63. The van der Waals surface area contributed by atoms with Gasteiger partial charge in [0.15, 0.2) is 10.6 Å². The van der Waals surface area contributed by atoms with Crippen LogP contribution in [-0.2, 0) is 4.79 Å². The summed E-state index contributed by atoms with van der Waals surface area (Å²) in [6.45, 7) is 3.75. The predicted octanol–water partition coefficient (Wildman–Crippen LogP) is 3.78. The van der Waals surface area contributed by atoms with Crippen LogP contribution in [0.1, 0.15) is 39.5 Å². The van der Waals surface area contributed by atoms with Gasteiger partial charge in [0.2, 0.25) is 0 Å². The molecule has 0 radical (unpaired) electrons. The maximum atomic E-state index is 10.4. The molecule has 1 rings (SSSR count). The number of aromatic amines is 2. The van der Waals surface area contributed by atoms with E-state index in [1.54, 1.807) is 25.4 Å². The number of carbonyl (C=O) groups is 1. The Morgan fingerprint density at radius 3 is 2.38 bits per heavy atom. The minimum Gasteiger partial charge on any atom is -0.338 e.